The number of carbonyl (C=O) groups is 1. The molecule has 3 N–H and O–H groups in total. The highest BCUT2D eigenvalue weighted by molar-refractivity contribution is 9.11. The van der Waals surface area contributed by atoms with Crippen LogP contribution in [-0.2, 0) is 0 Å². The standard InChI is InChI=1S/C9H5Br2N5O3/c10-4-2-12-7(6(11)14-4)16-8(18)3-1-5(17)15-9(19)13-3/h1-2H,(H,12,16,18)(H2,13,15,17,19). The number of nitrogens with one attached hydrogen (secondary N) is 3. The number of hydrogen-bond acceptors (Lipinski definition) is 5. The van der Waals surface area contributed by atoms with Gasteiger partial charge in [0.25, 0.3) is 11.5 Å². The summed E-state index contributed by atoms with van der Waals surface area (Å²) in [5, 5.41) is 2.40. The van der Waals surface area contributed by atoms with Crippen LogP contribution in [0.25, 0.3) is 0 Å². The first kappa shape index (κ1) is 13.6. The Morgan fingerprint density at radius 2 is 2.00 bits per heavy atom. The minimum atomic E-state index is -0.765. The first-order valence-electron chi connectivity index (χ1n) is 4.79. The van der Waals surface area contributed by atoms with Crippen LogP contribution < -0.4 is 16.6 Å². The molecule has 2 heterocycles. The molecule has 0 aliphatic heterocycles. The summed E-state index contributed by atoms with van der Waals surface area (Å²) in [6.45, 7) is 0. The van der Waals surface area contributed by atoms with E-state index in [0.29, 0.717) is 9.21 Å². The number of nitrogens with zero attached hydrogens (tertiary/aromatic N) is 2. The predicted molar refractivity (Wildman–Crippen MR) is 73.1 cm³/mol. The van der Waals surface area contributed by atoms with Gasteiger partial charge in [0.05, 0.1) is 6.20 Å². The third kappa shape index (κ3) is 3.35. The van der Waals surface area contributed by atoms with Crippen LogP contribution in [0.1, 0.15) is 10.5 Å². The Kier molecular flexibility index (Phi) is 3.90. The van der Waals surface area contributed by atoms with E-state index in [2.05, 4.69) is 52.1 Å². The van der Waals surface area contributed by atoms with Crippen molar-refractivity contribution in [3.8, 4) is 0 Å². The number of amides is 1. The van der Waals surface area contributed by atoms with Crippen LogP contribution in [0.4, 0.5) is 5.82 Å². The van der Waals surface area contributed by atoms with Gasteiger partial charge in [0.1, 0.15) is 14.9 Å². The molecule has 8 nitrogen and oxygen atoms in total. The summed E-state index contributed by atoms with van der Waals surface area (Å²) in [7, 11) is 0. The lowest BCUT2D eigenvalue weighted by Gasteiger charge is -2.05. The average Bonchev–Trinajstić information content (AvgIpc) is 2.31. The molecular weight excluding hydrogens is 386 g/mol. The Hall–Kier alpha value is -1.81. The summed E-state index contributed by atoms with van der Waals surface area (Å²) in [6.07, 6.45) is 1.39. The van der Waals surface area contributed by atoms with Crippen LogP contribution >= 0.6 is 31.9 Å². The lowest BCUT2D eigenvalue weighted by molar-refractivity contribution is 0.102. The van der Waals surface area contributed by atoms with E-state index in [1.807, 2.05) is 4.98 Å². The molecular formula is C9H5Br2N5O3. The number of carbonyl (C=O) groups excluding carboxylic acids is 1. The maximum absolute atomic E-state index is 11.8. The lowest BCUT2D eigenvalue weighted by Crippen LogP contribution is -2.27. The van der Waals surface area contributed by atoms with Gasteiger partial charge in [-0.1, -0.05) is 0 Å². The fourth-order valence-corrected chi connectivity index (χ4v) is 2.11. The maximum atomic E-state index is 11.8. The second kappa shape index (κ2) is 5.45. The van der Waals surface area contributed by atoms with Gasteiger partial charge in [-0.2, -0.15) is 0 Å². The Labute approximate surface area is 122 Å². The summed E-state index contributed by atoms with van der Waals surface area (Å²) < 4.78 is 0.796. The van der Waals surface area contributed by atoms with Crippen molar-refractivity contribution >= 4 is 43.6 Å². The first-order valence-corrected chi connectivity index (χ1v) is 6.37. The zero-order chi connectivity index (χ0) is 14.0. The van der Waals surface area contributed by atoms with Crippen molar-refractivity contribution in [3.63, 3.8) is 0 Å². The van der Waals surface area contributed by atoms with Gasteiger partial charge < -0.3 is 10.3 Å². The summed E-state index contributed by atoms with van der Waals surface area (Å²) in [5.41, 5.74) is -1.61. The van der Waals surface area contributed by atoms with Gasteiger partial charge in [-0.15, -0.1) is 0 Å². The molecule has 1 amide bonds. The largest absolute Gasteiger partial charge is 0.326 e. The van der Waals surface area contributed by atoms with Gasteiger partial charge in [-0.05, 0) is 31.9 Å². The van der Waals surface area contributed by atoms with Crippen LogP contribution in [0.3, 0.4) is 0 Å². The minimum Gasteiger partial charge on any atom is -0.303 e. The molecule has 0 unspecified atom stereocenters. The lowest BCUT2D eigenvalue weighted by atomic mass is 10.4. The molecule has 0 atom stereocenters. The molecule has 0 fully saturated rings. The molecule has 2 rings (SSSR count). The van der Waals surface area contributed by atoms with E-state index < -0.39 is 17.2 Å². The number of aromatic nitrogens is 4. The predicted octanol–water partition coefficient (Wildman–Crippen LogP) is 0.631. The molecule has 0 saturated carbocycles. The molecule has 98 valence electrons. The second-order valence-electron chi connectivity index (χ2n) is 3.29. The normalized spacial score (nSPS) is 10.2. The molecule has 0 aromatic carbocycles. The number of hydrogen-bond donors (Lipinski definition) is 3. The van der Waals surface area contributed by atoms with Crippen molar-refractivity contribution in [1.82, 2.24) is 19.9 Å². The summed E-state index contributed by atoms with van der Waals surface area (Å²) in [4.78, 5) is 46.0. The third-order valence-electron chi connectivity index (χ3n) is 1.94. The summed E-state index contributed by atoms with van der Waals surface area (Å²) >= 11 is 6.24. The molecule has 2 aromatic heterocycles. The van der Waals surface area contributed by atoms with Gasteiger partial charge >= 0.3 is 5.69 Å². The van der Waals surface area contributed by atoms with Crippen LogP contribution in [0.2, 0.25) is 0 Å². The zero-order valence-electron chi connectivity index (χ0n) is 9.03. The molecule has 0 aliphatic rings. The second-order valence-corrected chi connectivity index (χ2v) is 4.85. The molecule has 0 radical (unpaired) electrons. The van der Waals surface area contributed by atoms with Crippen molar-refractivity contribution in [2.45, 2.75) is 0 Å². The van der Waals surface area contributed by atoms with Gasteiger partial charge in [-0.3, -0.25) is 14.6 Å². The van der Waals surface area contributed by atoms with Crippen LogP contribution in [0.5, 0.6) is 0 Å². The Morgan fingerprint density at radius 1 is 1.26 bits per heavy atom. The SMILES string of the molecule is O=C(Nc1ncc(Br)nc1Br)c1cc(=O)[nH]c(=O)[nH]1. The van der Waals surface area contributed by atoms with E-state index in [0.717, 1.165) is 6.07 Å². The van der Waals surface area contributed by atoms with E-state index in [4.69, 9.17) is 0 Å². The van der Waals surface area contributed by atoms with Gasteiger partial charge in [-0.25, -0.2) is 14.8 Å². The highest BCUT2D eigenvalue weighted by atomic mass is 79.9. The smallest absolute Gasteiger partial charge is 0.303 e. The molecule has 2 aromatic rings. The Morgan fingerprint density at radius 3 is 2.63 bits per heavy atom. The van der Waals surface area contributed by atoms with Crippen molar-refractivity contribution in [2.75, 3.05) is 5.32 Å². The quantitative estimate of drug-likeness (QED) is 0.694. The van der Waals surface area contributed by atoms with Crippen LogP contribution in [-0.4, -0.2) is 25.8 Å². The molecule has 19 heavy (non-hydrogen) atoms. The highest BCUT2D eigenvalue weighted by Gasteiger charge is 2.12. The summed E-state index contributed by atoms with van der Waals surface area (Å²) in [6, 6.07) is 0.969. The zero-order valence-corrected chi connectivity index (χ0v) is 12.2. The Balaban J connectivity index is 2.30. The van der Waals surface area contributed by atoms with Crippen LogP contribution in [0.15, 0.2) is 31.1 Å². The van der Waals surface area contributed by atoms with Crippen molar-refractivity contribution in [2.24, 2.45) is 0 Å². The molecule has 0 bridgehead atoms. The number of rotatable bonds is 2. The maximum Gasteiger partial charge on any atom is 0.326 e. The van der Waals surface area contributed by atoms with Gasteiger partial charge in [0, 0.05) is 6.07 Å². The molecule has 0 spiro atoms. The minimum absolute atomic E-state index is 0.161. The summed E-state index contributed by atoms with van der Waals surface area (Å²) in [5.74, 6) is -0.519. The van der Waals surface area contributed by atoms with E-state index in [1.54, 1.807) is 0 Å². The average molecular weight is 391 g/mol. The monoisotopic (exact) mass is 389 g/mol. The van der Waals surface area contributed by atoms with Gasteiger partial charge in [0.2, 0.25) is 0 Å². The van der Waals surface area contributed by atoms with Crippen molar-refractivity contribution in [1.29, 1.82) is 0 Å². The number of aromatic amines is 2. The Bertz CT molecular complexity index is 726. The van der Waals surface area contributed by atoms with E-state index in [9.17, 15) is 14.4 Å². The number of anilines is 1. The van der Waals surface area contributed by atoms with E-state index in [-0.39, 0.29) is 11.5 Å². The first-order chi connectivity index (χ1) is 8.95. The van der Waals surface area contributed by atoms with Crippen molar-refractivity contribution in [3.05, 3.63) is 48.0 Å². The van der Waals surface area contributed by atoms with E-state index in [1.165, 1.54) is 6.20 Å². The number of H-pyrrole nitrogens is 2. The fraction of sp³-hybridized carbons (Fsp3) is 0. The van der Waals surface area contributed by atoms with E-state index >= 15 is 0 Å². The molecule has 0 saturated heterocycles. The molecule has 10 heteroatoms. The fourth-order valence-electron chi connectivity index (χ4n) is 1.20. The highest BCUT2D eigenvalue weighted by Crippen LogP contribution is 2.19. The van der Waals surface area contributed by atoms with Gasteiger partial charge in [0.15, 0.2) is 5.82 Å². The van der Waals surface area contributed by atoms with Crippen LogP contribution in [0, 0.1) is 0 Å². The molecule has 0 aliphatic carbocycles. The topological polar surface area (TPSA) is 121 Å². The number of halogens is 2. The van der Waals surface area contributed by atoms with Crippen molar-refractivity contribution < 1.29 is 4.79 Å². The third-order valence-corrected chi connectivity index (χ3v) is 2.87.